The van der Waals surface area contributed by atoms with Gasteiger partial charge in [-0.2, -0.15) is 4.31 Å². The van der Waals surface area contributed by atoms with E-state index in [0.717, 1.165) is 12.8 Å². The lowest BCUT2D eigenvalue weighted by Gasteiger charge is -2.23. The molecule has 1 atom stereocenters. The number of benzene rings is 1. The first kappa shape index (κ1) is 16.1. The molecule has 1 aromatic rings. The zero-order valence-corrected chi connectivity index (χ0v) is 13.2. The predicted octanol–water partition coefficient (Wildman–Crippen LogP) is 2.08. The van der Waals surface area contributed by atoms with Crippen molar-refractivity contribution in [3.8, 4) is 0 Å². The Kier molecular flexibility index (Phi) is 5.13. The van der Waals surface area contributed by atoms with E-state index >= 15 is 0 Å². The first-order chi connectivity index (χ1) is 9.95. The number of carbonyl (C=O) groups is 1. The van der Waals surface area contributed by atoms with Crippen molar-refractivity contribution in [2.75, 3.05) is 19.7 Å². The van der Waals surface area contributed by atoms with E-state index in [0.29, 0.717) is 25.3 Å². The van der Waals surface area contributed by atoms with Gasteiger partial charge in [0, 0.05) is 25.3 Å². The molecular formula is C15H21NO4S. The van der Waals surface area contributed by atoms with Crippen LogP contribution in [0.1, 0.15) is 37.0 Å². The highest BCUT2D eigenvalue weighted by Gasteiger charge is 2.28. The van der Waals surface area contributed by atoms with Gasteiger partial charge in [0.25, 0.3) is 0 Å². The molecule has 0 N–H and O–H groups in total. The molecule has 0 spiro atoms. The summed E-state index contributed by atoms with van der Waals surface area (Å²) in [5.41, 5.74) is 0.407. The van der Waals surface area contributed by atoms with Gasteiger partial charge >= 0.3 is 0 Å². The van der Waals surface area contributed by atoms with Gasteiger partial charge in [-0.05, 0) is 31.9 Å². The van der Waals surface area contributed by atoms with Gasteiger partial charge in [-0.15, -0.1) is 0 Å². The van der Waals surface area contributed by atoms with E-state index in [1.807, 2.05) is 0 Å². The lowest BCUT2D eigenvalue weighted by molar-refractivity contribution is 0.0946. The molecule has 1 aliphatic rings. The maximum Gasteiger partial charge on any atom is 0.243 e. The van der Waals surface area contributed by atoms with Gasteiger partial charge in [0.15, 0.2) is 5.78 Å². The topological polar surface area (TPSA) is 63.7 Å². The van der Waals surface area contributed by atoms with E-state index in [2.05, 4.69) is 0 Å². The molecule has 0 radical (unpaired) electrons. The molecular weight excluding hydrogens is 290 g/mol. The van der Waals surface area contributed by atoms with Gasteiger partial charge in [-0.3, -0.25) is 4.79 Å². The highest BCUT2D eigenvalue weighted by molar-refractivity contribution is 7.89. The summed E-state index contributed by atoms with van der Waals surface area (Å²) >= 11 is 0. The highest BCUT2D eigenvalue weighted by Crippen LogP contribution is 2.20. The molecule has 1 unspecified atom stereocenters. The number of Topliss-reactive ketones (excluding diaryl/α,β-unsaturated/α-hetero) is 1. The molecule has 1 heterocycles. The fraction of sp³-hybridized carbons (Fsp3) is 0.533. The second-order valence-corrected chi connectivity index (χ2v) is 7.11. The Morgan fingerprint density at radius 1 is 1.43 bits per heavy atom. The quantitative estimate of drug-likeness (QED) is 0.755. The summed E-state index contributed by atoms with van der Waals surface area (Å²) in [4.78, 5) is 11.6. The summed E-state index contributed by atoms with van der Waals surface area (Å²) in [6.07, 6.45) is 1.83. The zero-order valence-electron chi connectivity index (χ0n) is 12.4. The third kappa shape index (κ3) is 3.70. The fourth-order valence-electron chi connectivity index (χ4n) is 2.44. The Hall–Kier alpha value is -1.24. The summed E-state index contributed by atoms with van der Waals surface area (Å²) < 4.78 is 32.3. The molecule has 0 aromatic heterocycles. The van der Waals surface area contributed by atoms with Crippen LogP contribution < -0.4 is 0 Å². The Balaban J connectivity index is 2.25. The third-order valence-corrected chi connectivity index (χ3v) is 5.60. The Bertz CT molecular complexity index is 606. The smallest absolute Gasteiger partial charge is 0.243 e. The van der Waals surface area contributed by atoms with Crippen LogP contribution >= 0.6 is 0 Å². The number of likely N-dealkylation sites (N-methyl/N-ethyl adjacent to an activating group) is 1. The number of hydrogen-bond acceptors (Lipinski definition) is 4. The number of ketones is 1. The number of carbonyl (C=O) groups excluding carboxylic acids is 1. The van der Waals surface area contributed by atoms with Crippen molar-refractivity contribution in [3.05, 3.63) is 29.8 Å². The SMILES string of the molecule is CCN(CC1CCCO1)S(=O)(=O)c1cccc(C(C)=O)c1. The molecule has 1 saturated heterocycles. The Morgan fingerprint density at radius 2 is 2.19 bits per heavy atom. The average Bonchev–Trinajstić information content (AvgIpc) is 2.97. The lowest BCUT2D eigenvalue weighted by atomic mass is 10.2. The van der Waals surface area contributed by atoms with E-state index in [1.54, 1.807) is 19.1 Å². The number of nitrogens with zero attached hydrogens (tertiary/aromatic N) is 1. The van der Waals surface area contributed by atoms with Gasteiger partial charge in [-0.25, -0.2) is 8.42 Å². The van der Waals surface area contributed by atoms with Crippen LogP contribution in [0, 0.1) is 0 Å². The van der Waals surface area contributed by atoms with Gasteiger partial charge < -0.3 is 4.74 Å². The number of ether oxygens (including phenoxy) is 1. The van der Waals surface area contributed by atoms with E-state index < -0.39 is 10.0 Å². The molecule has 116 valence electrons. The van der Waals surface area contributed by atoms with Gasteiger partial charge in [0.2, 0.25) is 10.0 Å². The van der Waals surface area contributed by atoms with Gasteiger partial charge in [0.1, 0.15) is 0 Å². The molecule has 1 fully saturated rings. The van der Waals surface area contributed by atoms with Crippen LogP contribution in [0.3, 0.4) is 0 Å². The van der Waals surface area contributed by atoms with Crippen LogP contribution in [-0.2, 0) is 14.8 Å². The maximum atomic E-state index is 12.7. The minimum Gasteiger partial charge on any atom is -0.377 e. The summed E-state index contributed by atoms with van der Waals surface area (Å²) in [7, 11) is -3.59. The molecule has 6 heteroatoms. The van der Waals surface area contributed by atoms with Gasteiger partial charge in [0.05, 0.1) is 11.0 Å². The van der Waals surface area contributed by atoms with Gasteiger partial charge in [-0.1, -0.05) is 19.1 Å². The van der Waals surface area contributed by atoms with E-state index in [1.165, 1.54) is 23.4 Å². The maximum absolute atomic E-state index is 12.7. The predicted molar refractivity (Wildman–Crippen MR) is 79.9 cm³/mol. The molecule has 1 aromatic carbocycles. The third-order valence-electron chi connectivity index (χ3n) is 3.66. The Labute approximate surface area is 126 Å². The number of sulfonamides is 1. The second-order valence-electron chi connectivity index (χ2n) is 5.17. The minimum absolute atomic E-state index is 0.0317. The standard InChI is InChI=1S/C15H21NO4S/c1-3-16(11-14-7-5-9-20-14)21(18,19)15-8-4-6-13(10-15)12(2)17/h4,6,8,10,14H,3,5,7,9,11H2,1-2H3. The number of rotatable bonds is 6. The molecule has 2 rings (SSSR count). The monoisotopic (exact) mass is 311 g/mol. The molecule has 21 heavy (non-hydrogen) atoms. The van der Waals surface area contributed by atoms with Crippen LogP contribution in [0.15, 0.2) is 29.2 Å². The first-order valence-electron chi connectivity index (χ1n) is 7.18. The summed E-state index contributed by atoms with van der Waals surface area (Å²) in [6, 6.07) is 6.19. The largest absolute Gasteiger partial charge is 0.377 e. The zero-order chi connectivity index (χ0) is 15.5. The molecule has 0 saturated carbocycles. The van der Waals surface area contributed by atoms with Crippen LogP contribution in [0.5, 0.6) is 0 Å². The van der Waals surface area contributed by atoms with Crippen LogP contribution in [0.4, 0.5) is 0 Å². The van der Waals surface area contributed by atoms with Crippen molar-refractivity contribution in [3.63, 3.8) is 0 Å². The molecule has 0 aliphatic carbocycles. The van der Waals surface area contributed by atoms with Crippen molar-refractivity contribution < 1.29 is 17.9 Å². The van der Waals surface area contributed by atoms with E-state index in [4.69, 9.17) is 4.74 Å². The minimum atomic E-state index is -3.59. The highest BCUT2D eigenvalue weighted by atomic mass is 32.2. The molecule has 0 bridgehead atoms. The molecule has 0 amide bonds. The molecule has 5 nitrogen and oxygen atoms in total. The summed E-state index contributed by atoms with van der Waals surface area (Å²) in [6.45, 7) is 4.68. The van der Waals surface area contributed by atoms with E-state index in [-0.39, 0.29) is 16.8 Å². The molecule has 1 aliphatic heterocycles. The van der Waals surface area contributed by atoms with Crippen molar-refractivity contribution in [2.45, 2.75) is 37.7 Å². The summed E-state index contributed by atoms with van der Waals surface area (Å²) in [5, 5.41) is 0. The van der Waals surface area contributed by atoms with Crippen molar-refractivity contribution in [2.24, 2.45) is 0 Å². The normalized spacial score (nSPS) is 19.1. The first-order valence-corrected chi connectivity index (χ1v) is 8.62. The van der Waals surface area contributed by atoms with Crippen LogP contribution in [0.25, 0.3) is 0 Å². The van der Waals surface area contributed by atoms with Crippen molar-refractivity contribution in [1.29, 1.82) is 0 Å². The lowest BCUT2D eigenvalue weighted by Crippen LogP contribution is -2.37. The summed E-state index contributed by atoms with van der Waals surface area (Å²) in [5.74, 6) is -0.144. The second kappa shape index (κ2) is 6.68. The fourth-order valence-corrected chi connectivity index (χ4v) is 3.96. The average molecular weight is 311 g/mol. The van der Waals surface area contributed by atoms with Crippen molar-refractivity contribution in [1.82, 2.24) is 4.31 Å². The van der Waals surface area contributed by atoms with Crippen molar-refractivity contribution >= 4 is 15.8 Å². The Morgan fingerprint density at radius 3 is 2.76 bits per heavy atom. The number of hydrogen-bond donors (Lipinski definition) is 0. The van der Waals surface area contributed by atoms with Crippen LogP contribution in [0.2, 0.25) is 0 Å². The van der Waals surface area contributed by atoms with Crippen LogP contribution in [-0.4, -0.2) is 44.3 Å². The van der Waals surface area contributed by atoms with E-state index in [9.17, 15) is 13.2 Å².